The normalized spacial score (nSPS) is 15.7. The maximum absolute atomic E-state index is 12.8. The van der Waals surface area contributed by atoms with Crippen LogP contribution in [0.15, 0.2) is 60.8 Å². The monoisotopic (exact) mass is 768 g/mol. The van der Waals surface area contributed by atoms with E-state index in [1.807, 2.05) is 39.4 Å². The summed E-state index contributed by atoms with van der Waals surface area (Å²) in [4.78, 5) is 23.0. The zero-order chi connectivity index (χ0) is 39.5. The first-order valence-electron chi connectivity index (χ1n) is 20.8. The van der Waals surface area contributed by atoms with Crippen LogP contribution in [0.4, 0.5) is 0 Å². The smallest absolute Gasteiger partial charge is 0.389 e. The highest BCUT2D eigenvalue weighted by Crippen LogP contribution is 2.43. The van der Waals surface area contributed by atoms with Crippen molar-refractivity contribution < 1.29 is 38.0 Å². The van der Waals surface area contributed by atoms with Gasteiger partial charge in [-0.05, 0) is 51.4 Å². The Kier molecular flexibility index (Phi) is 33.4. The van der Waals surface area contributed by atoms with Crippen molar-refractivity contribution in [2.24, 2.45) is 0 Å². The number of aliphatic hydroxyl groups excluding tert-OH is 2. The maximum Gasteiger partial charge on any atom is 0.472 e. The minimum atomic E-state index is -4.36. The molecule has 0 aliphatic heterocycles. The van der Waals surface area contributed by atoms with Crippen molar-refractivity contribution in [3.8, 4) is 0 Å². The number of unbranched alkanes of at least 4 members (excludes halogenated alkanes) is 13. The van der Waals surface area contributed by atoms with Gasteiger partial charge in [0.25, 0.3) is 0 Å². The number of carbonyl (C=O) groups excluding carboxylic acids is 1. The SMILES string of the molecule is CCCCCCCCCCCCC/C=C/[C@@H](O)[C@H](COP(=O)(O)OCC[N+](C)(C)C)NC(=O)CCC/C=C\C/C=C\C/C=C\C/C=C\[C@H](O)CCCC. The molecule has 1 unspecified atom stereocenters. The summed E-state index contributed by atoms with van der Waals surface area (Å²) in [5.41, 5.74) is 0. The van der Waals surface area contributed by atoms with Gasteiger partial charge in [0.05, 0.1) is 46.0 Å². The maximum atomic E-state index is 12.8. The van der Waals surface area contributed by atoms with E-state index in [2.05, 4.69) is 55.6 Å². The van der Waals surface area contributed by atoms with Crippen LogP contribution >= 0.6 is 7.82 Å². The molecule has 0 heterocycles. The predicted octanol–water partition coefficient (Wildman–Crippen LogP) is 10.0. The Bertz CT molecular complexity index is 1070. The second kappa shape index (κ2) is 34.6. The Hall–Kier alpha value is -1.84. The summed E-state index contributed by atoms with van der Waals surface area (Å²) in [6, 6.07) is -0.887. The van der Waals surface area contributed by atoms with Gasteiger partial charge < -0.3 is 24.9 Å². The lowest BCUT2D eigenvalue weighted by Crippen LogP contribution is -2.45. The third-order valence-corrected chi connectivity index (χ3v) is 9.79. The molecule has 0 saturated heterocycles. The van der Waals surface area contributed by atoms with E-state index in [1.54, 1.807) is 6.08 Å². The summed E-state index contributed by atoms with van der Waals surface area (Å²) in [7, 11) is 1.50. The summed E-state index contributed by atoms with van der Waals surface area (Å²) in [6.45, 7) is 4.58. The van der Waals surface area contributed by atoms with Crippen LogP contribution < -0.4 is 5.32 Å². The molecule has 4 atom stereocenters. The molecule has 0 spiro atoms. The van der Waals surface area contributed by atoms with Gasteiger partial charge in [-0.25, -0.2) is 4.57 Å². The second-order valence-corrected chi connectivity index (χ2v) is 16.6. The van der Waals surface area contributed by atoms with Gasteiger partial charge in [0.15, 0.2) is 0 Å². The number of rotatable bonds is 36. The molecule has 0 saturated carbocycles. The molecule has 10 heteroatoms. The molecule has 0 aromatic heterocycles. The molecule has 4 N–H and O–H groups in total. The van der Waals surface area contributed by atoms with Gasteiger partial charge in [0.2, 0.25) is 5.91 Å². The van der Waals surface area contributed by atoms with Crippen LogP contribution in [0, 0.1) is 0 Å². The van der Waals surface area contributed by atoms with Crippen molar-refractivity contribution in [1.82, 2.24) is 5.32 Å². The summed E-state index contributed by atoms with van der Waals surface area (Å²) in [6.07, 6.45) is 40.5. The lowest BCUT2D eigenvalue weighted by atomic mass is 10.0. The fourth-order valence-electron chi connectivity index (χ4n) is 5.40. The summed E-state index contributed by atoms with van der Waals surface area (Å²) >= 11 is 0. The number of nitrogens with zero attached hydrogens (tertiary/aromatic N) is 1. The first-order chi connectivity index (χ1) is 25.4. The van der Waals surface area contributed by atoms with Gasteiger partial charge in [0, 0.05) is 6.42 Å². The number of phosphoric ester groups is 1. The van der Waals surface area contributed by atoms with Crippen molar-refractivity contribution in [2.45, 2.75) is 167 Å². The first-order valence-corrected chi connectivity index (χ1v) is 22.3. The molecule has 0 aliphatic rings. The molecule has 1 amide bonds. The summed E-state index contributed by atoms with van der Waals surface area (Å²) in [5, 5.41) is 23.5. The Morgan fingerprint density at radius 3 is 1.79 bits per heavy atom. The average molecular weight is 768 g/mol. The number of allylic oxidation sites excluding steroid dienone is 8. The molecular weight excluding hydrogens is 687 g/mol. The highest BCUT2D eigenvalue weighted by molar-refractivity contribution is 7.47. The Morgan fingerprint density at radius 2 is 1.21 bits per heavy atom. The van der Waals surface area contributed by atoms with Crippen LogP contribution in [0.25, 0.3) is 0 Å². The Labute approximate surface area is 324 Å². The number of quaternary nitrogens is 1. The van der Waals surface area contributed by atoms with Gasteiger partial charge in [0.1, 0.15) is 13.2 Å². The molecule has 0 aromatic carbocycles. The van der Waals surface area contributed by atoms with Crippen LogP contribution in [0.3, 0.4) is 0 Å². The molecule has 0 radical (unpaired) electrons. The number of aliphatic hydroxyl groups is 2. The van der Waals surface area contributed by atoms with Gasteiger partial charge >= 0.3 is 7.82 Å². The summed E-state index contributed by atoms with van der Waals surface area (Å²) < 4.78 is 23.4. The fourth-order valence-corrected chi connectivity index (χ4v) is 6.14. The number of phosphoric acid groups is 1. The molecule has 0 aromatic rings. The van der Waals surface area contributed by atoms with E-state index in [-0.39, 0.29) is 31.6 Å². The van der Waals surface area contributed by atoms with E-state index in [1.165, 1.54) is 57.8 Å². The first kappa shape index (κ1) is 51.2. The molecule has 308 valence electrons. The van der Waals surface area contributed by atoms with E-state index in [4.69, 9.17) is 9.05 Å². The van der Waals surface area contributed by atoms with Crippen LogP contribution in [-0.2, 0) is 18.4 Å². The summed E-state index contributed by atoms with van der Waals surface area (Å²) in [5.74, 6) is -0.250. The van der Waals surface area contributed by atoms with Crippen molar-refractivity contribution in [2.75, 3.05) is 40.9 Å². The van der Waals surface area contributed by atoms with Gasteiger partial charge in [-0.3, -0.25) is 13.8 Å². The molecule has 53 heavy (non-hydrogen) atoms. The van der Waals surface area contributed by atoms with Crippen molar-refractivity contribution in [3.05, 3.63) is 60.8 Å². The molecule has 0 aliphatic carbocycles. The second-order valence-electron chi connectivity index (χ2n) is 15.2. The predicted molar refractivity (Wildman–Crippen MR) is 223 cm³/mol. The number of likely N-dealkylation sites (N-methyl/N-ethyl adjacent to an activating group) is 1. The number of hydrogen-bond acceptors (Lipinski definition) is 6. The van der Waals surface area contributed by atoms with E-state index in [0.717, 1.165) is 64.2 Å². The van der Waals surface area contributed by atoms with Crippen LogP contribution in [0.5, 0.6) is 0 Å². The highest BCUT2D eigenvalue weighted by Gasteiger charge is 2.27. The minimum Gasteiger partial charge on any atom is -0.389 e. The van der Waals surface area contributed by atoms with Crippen LogP contribution in [-0.4, -0.2) is 84.6 Å². The van der Waals surface area contributed by atoms with Gasteiger partial charge in [-0.1, -0.05) is 152 Å². The van der Waals surface area contributed by atoms with Gasteiger partial charge in [-0.2, -0.15) is 0 Å². The number of hydrogen-bond donors (Lipinski definition) is 4. The Balaban J connectivity index is 4.63. The lowest BCUT2D eigenvalue weighted by Gasteiger charge is -2.25. The van der Waals surface area contributed by atoms with Crippen molar-refractivity contribution in [1.29, 1.82) is 0 Å². The minimum absolute atomic E-state index is 0.0413. The van der Waals surface area contributed by atoms with E-state index in [9.17, 15) is 24.5 Å². The molecular formula is C43H80N2O7P+. The zero-order valence-electron chi connectivity index (χ0n) is 34.3. The van der Waals surface area contributed by atoms with Gasteiger partial charge in [-0.15, -0.1) is 0 Å². The standard InChI is InChI=1S/C43H79N2O7P/c1-6-8-10-11-12-13-14-15-19-22-25-28-31-35-42(47)41(39-52-53(49,50)51-38-37-45(3,4)5)44-43(48)36-32-29-26-23-20-17-16-18-21-24-27-30-34-40(46)33-9-7-2/h16-17,21,23-24,26,30-31,34-35,40-42,46-47H,6-15,18-20,22,25,27-29,32-33,36-39H2,1-5H3,(H-,44,48,49,50)/p+1/b17-16-,24-21-,26-23-,34-30-,35-31+/t40-,41+,42-/m1/s1. The highest BCUT2D eigenvalue weighted by atomic mass is 31.2. The topological polar surface area (TPSA) is 125 Å². The quantitative estimate of drug-likeness (QED) is 0.0217. The fraction of sp³-hybridized carbons (Fsp3) is 0.744. The zero-order valence-corrected chi connectivity index (χ0v) is 35.2. The van der Waals surface area contributed by atoms with E-state index < -0.39 is 20.0 Å². The largest absolute Gasteiger partial charge is 0.472 e. The average Bonchev–Trinajstić information content (AvgIpc) is 3.10. The third-order valence-electron chi connectivity index (χ3n) is 8.80. The van der Waals surface area contributed by atoms with Crippen LogP contribution in [0.2, 0.25) is 0 Å². The van der Waals surface area contributed by atoms with Crippen molar-refractivity contribution in [3.63, 3.8) is 0 Å². The molecule has 0 rings (SSSR count). The van der Waals surface area contributed by atoms with Crippen LogP contribution in [0.1, 0.15) is 149 Å². The third kappa shape index (κ3) is 36.9. The number of nitrogens with one attached hydrogen (secondary N) is 1. The lowest BCUT2D eigenvalue weighted by molar-refractivity contribution is -0.870. The van der Waals surface area contributed by atoms with E-state index in [0.29, 0.717) is 17.4 Å². The van der Waals surface area contributed by atoms with Crippen molar-refractivity contribution >= 4 is 13.7 Å². The van der Waals surface area contributed by atoms with E-state index >= 15 is 0 Å². The number of amides is 1. The molecule has 9 nitrogen and oxygen atoms in total. The Morgan fingerprint density at radius 1 is 0.679 bits per heavy atom. The molecule has 0 fully saturated rings. The number of carbonyl (C=O) groups is 1. The molecule has 0 bridgehead atoms.